The van der Waals surface area contributed by atoms with Crippen molar-refractivity contribution in [3.63, 3.8) is 0 Å². The summed E-state index contributed by atoms with van der Waals surface area (Å²) in [5.41, 5.74) is 1.59. The van der Waals surface area contributed by atoms with Gasteiger partial charge in [-0.1, -0.05) is 6.07 Å². The SMILES string of the molecule is CCOC1CC(CC(=O)NC(C)c2ccc3c(c2)NC(=O)CO3)C1. The largest absolute Gasteiger partial charge is 0.482 e. The molecule has 1 saturated carbocycles. The van der Waals surface area contributed by atoms with Gasteiger partial charge >= 0.3 is 0 Å². The van der Waals surface area contributed by atoms with Crippen molar-refractivity contribution in [3.8, 4) is 5.75 Å². The fourth-order valence-corrected chi connectivity index (χ4v) is 3.23. The molecule has 1 aromatic rings. The number of hydrogen-bond donors (Lipinski definition) is 2. The molecular weight excluding hydrogens is 308 g/mol. The first kappa shape index (κ1) is 16.8. The minimum atomic E-state index is -0.162. The van der Waals surface area contributed by atoms with Crippen LogP contribution in [0.5, 0.6) is 5.75 Å². The molecule has 1 aromatic carbocycles. The molecule has 0 aromatic heterocycles. The van der Waals surface area contributed by atoms with Gasteiger partial charge in [0.2, 0.25) is 5.91 Å². The summed E-state index contributed by atoms with van der Waals surface area (Å²) in [6.45, 7) is 4.71. The average Bonchev–Trinajstić information content (AvgIpc) is 2.52. The van der Waals surface area contributed by atoms with Gasteiger partial charge in [0.1, 0.15) is 5.75 Å². The Labute approximate surface area is 141 Å². The van der Waals surface area contributed by atoms with Crippen LogP contribution in [0.2, 0.25) is 0 Å². The number of rotatable bonds is 6. The Hall–Kier alpha value is -2.08. The maximum absolute atomic E-state index is 12.2. The summed E-state index contributed by atoms with van der Waals surface area (Å²) >= 11 is 0. The average molecular weight is 332 g/mol. The van der Waals surface area contributed by atoms with Gasteiger partial charge in [0.05, 0.1) is 17.8 Å². The minimum Gasteiger partial charge on any atom is -0.482 e. The van der Waals surface area contributed by atoms with Gasteiger partial charge in [0, 0.05) is 13.0 Å². The first-order valence-corrected chi connectivity index (χ1v) is 8.52. The van der Waals surface area contributed by atoms with Crippen molar-refractivity contribution in [3.05, 3.63) is 23.8 Å². The number of ether oxygens (including phenoxy) is 2. The summed E-state index contributed by atoms with van der Waals surface area (Å²) in [5.74, 6) is 0.976. The van der Waals surface area contributed by atoms with E-state index >= 15 is 0 Å². The van der Waals surface area contributed by atoms with Crippen LogP contribution >= 0.6 is 0 Å². The van der Waals surface area contributed by atoms with Crippen molar-refractivity contribution in [2.45, 2.75) is 45.3 Å². The number of carbonyl (C=O) groups excluding carboxylic acids is 2. The molecular formula is C18H24N2O4. The zero-order valence-corrected chi connectivity index (χ0v) is 14.1. The predicted octanol–water partition coefficient (Wildman–Crippen LogP) is 2.40. The quantitative estimate of drug-likeness (QED) is 0.839. The van der Waals surface area contributed by atoms with Crippen molar-refractivity contribution in [1.82, 2.24) is 5.32 Å². The topological polar surface area (TPSA) is 76.7 Å². The highest BCUT2D eigenvalue weighted by Gasteiger charge is 2.31. The molecule has 2 amide bonds. The monoisotopic (exact) mass is 332 g/mol. The molecule has 0 spiro atoms. The molecule has 3 rings (SSSR count). The van der Waals surface area contributed by atoms with Crippen LogP contribution in [0.3, 0.4) is 0 Å². The van der Waals surface area contributed by atoms with Gasteiger partial charge in [-0.15, -0.1) is 0 Å². The normalized spacial score (nSPS) is 23.3. The van der Waals surface area contributed by atoms with Crippen molar-refractivity contribution in [2.75, 3.05) is 18.5 Å². The first-order valence-electron chi connectivity index (χ1n) is 8.52. The number of nitrogens with one attached hydrogen (secondary N) is 2. The lowest BCUT2D eigenvalue weighted by Gasteiger charge is -2.34. The van der Waals surface area contributed by atoms with Gasteiger partial charge < -0.3 is 20.1 Å². The lowest BCUT2D eigenvalue weighted by Crippen LogP contribution is -2.36. The van der Waals surface area contributed by atoms with Crippen molar-refractivity contribution in [1.29, 1.82) is 0 Å². The van der Waals surface area contributed by atoms with E-state index in [4.69, 9.17) is 9.47 Å². The highest BCUT2D eigenvalue weighted by Crippen LogP contribution is 2.33. The van der Waals surface area contributed by atoms with E-state index in [0.717, 1.165) is 25.0 Å². The predicted molar refractivity (Wildman–Crippen MR) is 89.9 cm³/mol. The molecule has 1 aliphatic heterocycles. The maximum Gasteiger partial charge on any atom is 0.262 e. The smallest absolute Gasteiger partial charge is 0.262 e. The van der Waals surface area contributed by atoms with Crippen LogP contribution in [0.15, 0.2) is 18.2 Å². The molecule has 130 valence electrons. The summed E-state index contributed by atoms with van der Waals surface area (Å²) in [6.07, 6.45) is 2.81. The Morgan fingerprint density at radius 3 is 3.00 bits per heavy atom. The minimum absolute atomic E-state index is 0.0444. The van der Waals surface area contributed by atoms with Gasteiger partial charge in [-0.05, 0) is 50.3 Å². The Bertz CT molecular complexity index is 625. The molecule has 2 aliphatic rings. The summed E-state index contributed by atoms with van der Waals surface area (Å²) in [7, 11) is 0. The number of fused-ring (bicyclic) bond motifs is 1. The Morgan fingerprint density at radius 2 is 2.25 bits per heavy atom. The molecule has 0 bridgehead atoms. The zero-order valence-electron chi connectivity index (χ0n) is 14.1. The molecule has 1 atom stereocenters. The van der Waals surface area contributed by atoms with E-state index in [0.29, 0.717) is 29.9 Å². The van der Waals surface area contributed by atoms with E-state index in [1.165, 1.54) is 0 Å². The number of hydrogen-bond acceptors (Lipinski definition) is 4. The van der Waals surface area contributed by atoms with E-state index < -0.39 is 0 Å². The van der Waals surface area contributed by atoms with E-state index in [2.05, 4.69) is 10.6 Å². The van der Waals surface area contributed by atoms with Crippen molar-refractivity contribution in [2.24, 2.45) is 5.92 Å². The maximum atomic E-state index is 12.2. The lowest BCUT2D eigenvalue weighted by molar-refractivity contribution is -0.125. The molecule has 1 fully saturated rings. The zero-order chi connectivity index (χ0) is 17.1. The van der Waals surface area contributed by atoms with E-state index in [1.807, 2.05) is 32.0 Å². The molecule has 6 nitrogen and oxygen atoms in total. The van der Waals surface area contributed by atoms with Crippen LogP contribution in [-0.2, 0) is 14.3 Å². The number of carbonyl (C=O) groups is 2. The second-order valence-electron chi connectivity index (χ2n) is 6.50. The van der Waals surface area contributed by atoms with Gasteiger partial charge in [-0.25, -0.2) is 0 Å². The van der Waals surface area contributed by atoms with Crippen LogP contribution in [0, 0.1) is 5.92 Å². The van der Waals surface area contributed by atoms with Crippen LogP contribution in [0.25, 0.3) is 0 Å². The molecule has 0 radical (unpaired) electrons. The Morgan fingerprint density at radius 1 is 1.46 bits per heavy atom. The van der Waals surface area contributed by atoms with Crippen molar-refractivity contribution >= 4 is 17.5 Å². The summed E-state index contributed by atoms with van der Waals surface area (Å²) in [6, 6.07) is 5.47. The third kappa shape index (κ3) is 3.87. The van der Waals surface area contributed by atoms with Gasteiger partial charge in [-0.2, -0.15) is 0 Å². The molecule has 1 heterocycles. The van der Waals surface area contributed by atoms with Gasteiger partial charge in [0.25, 0.3) is 5.91 Å². The molecule has 6 heteroatoms. The second kappa shape index (κ2) is 7.21. The van der Waals surface area contributed by atoms with Crippen molar-refractivity contribution < 1.29 is 19.1 Å². The highest BCUT2D eigenvalue weighted by atomic mass is 16.5. The summed E-state index contributed by atoms with van der Waals surface area (Å²) < 4.78 is 10.9. The van der Waals surface area contributed by atoms with Crippen LogP contribution in [0.1, 0.15) is 44.7 Å². The van der Waals surface area contributed by atoms with Crippen LogP contribution in [0.4, 0.5) is 5.69 Å². The fraction of sp³-hybridized carbons (Fsp3) is 0.556. The molecule has 24 heavy (non-hydrogen) atoms. The van der Waals surface area contributed by atoms with E-state index in [-0.39, 0.29) is 24.5 Å². The Balaban J connectivity index is 1.51. The standard InChI is InChI=1S/C18H24N2O4/c1-3-23-14-6-12(7-14)8-17(21)19-11(2)13-4-5-16-15(9-13)20-18(22)10-24-16/h4-5,9,11-12,14H,3,6-8,10H2,1-2H3,(H,19,21)(H,20,22). The van der Waals surface area contributed by atoms with Gasteiger partial charge in [-0.3, -0.25) is 9.59 Å². The number of anilines is 1. The number of amides is 2. The highest BCUT2D eigenvalue weighted by molar-refractivity contribution is 5.95. The first-order chi connectivity index (χ1) is 11.5. The lowest BCUT2D eigenvalue weighted by atomic mass is 9.80. The molecule has 1 aliphatic carbocycles. The van der Waals surface area contributed by atoms with Crippen LogP contribution in [-0.4, -0.2) is 31.1 Å². The van der Waals surface area contributed by atoms with Crippen LogP contribution < -0.4 is 15.4 Å². The third-order valence-electron chi connectivity index (χ3n) is 4.58. The second-order valence-corrected chi connectivity index (χ2v) is 6.50. The fourth-order valence-electron chi connectivity index (χ4n) is 3.23. The van der Waals surface area contributed by atoms with E-state index in [1.54, 1.807) is 0 Å². The Kier molecular flexibility index (Phi) is 5.04. The van der Waals surface area contributed by atoms with E-state index in [9.17, 15) is 9.59 Å². The number of benzene rings is 1. The summed E-state index contributed by atoms with van der Waals surface area (Å²) in [4.78, 5) is 23.6. The molecule has 1 unspecified atom stereocenters. The third-order valence-corrected chi connectivity index (χ3v) is 4.58. The molecule has 2 N–H and O–H groups in total. The summed E-state index contributed by atoms with van der Waals surface area (Å²) in [5, 5.41) is 5.81. The van der Waals surface area contributed by atoms with Gasteiger partial charge in [0.15, 0.2) is 6.61 Å². The molecule has 0 saturated heterocycles.